The third kappa shape index (κ3) is 2.92. The van der Waals surface area contributed by atoms with E-state index in [4.69, 9.17) is 10.00 Å². The topological polar surface area (TPSA) is 62.9 Å². The Morgan fingerprint density at radius 2 is 2.32 bits per heavy atom. The van der Waals surface area contributed by atoms with Crippen LogP contribution >= 0.6 is 0 Å². The summed E-state index contributed by atoms with van der Waals surface area (Å²) >= 11 is 0. The van der Waals surface area contributed by atoms with Crippen LogP contribution in [0.25, 0.3) is 0 Å². The van der Waals surface area contributed by atoms with Crippen LogP contribution < -0.4 is 10.1 Å². The summed E-state index contributed by atoms with van der Waals surface area (Å²) in [5, 5.41) is 12.1. The summed E-state index contributed by atoms with van der Waals surface area (Å²) in [6.07, 6.45) is 3.69. The number of hydrogen-bond acceptors (Lipinski definition) is 4. The van der Waals surface area contributed by atoms with Crippen LogP contribution in [0.4, 0.5) is 0 Å². The summed E-state index contributed by atoms with van der Waals surface area (Å²) in [5.41, 5.74) is 1.60. The first kappa shape index (κ1) is 13.1. The van der Waals surface area contributed by atoms with Gasteiger partial charge in [-0.2, -0.15) is 5.26 Å². The molecule has 1 aromatic heterocycles. The fourth-order valence-electron chi connectivity index (χ4n) is 1.96. The van der Waals surface area contributed by atoms with Gasteiger partial charge in [-0.1, -0.05) is 0 Å². The summed E-state index contributed by atoms with van der Waals surface area (Å²) in [4.78, 5) is 4.29. The van der Waals surface area contributed by atoms with E-state index in [-0.39, 0.29) is 0 Å². The van der Waals surface area contributed by atoms with E-state index in [0.717, 1.165) is 17.1 Å². The molecule has 2 aromatic rings. The molecule has 1 heterocycles. The minimum atomic E-state index is 0.631. The van der Waals surface area contributed by atoms with Crippen LogP contribution in [0.5, 0.6) is 5.75 Å². The summed E-state index contributed by atoms with van der Waals surface area (Å²) in [6.45, 7) is 1.34. The molecule has 0 fully saturated rings. The molecule has 98 valence electrons. The van der Waals surface area contributed by atoms with Crippen molar-refractivity contribution in [1.82, 2.24) is 14.9 Å². The quantitative estimate of drug-likeness (QED) is 0.881. The first-order valence-corrected chi connectivity index (χ1v) is 6.00. The van der Waals surface area contributed by atoms with Crippen LogP contribution in [0.15, 0.2) is 30.6 Å². The van der Waals surface area contributed by atoms with Crippen molar-refractivity contribution in [3.8, 4) is 11.8 Å². The van der Waals surface area contributed by atoms with E-state index in [0.29, 0.717) is 18.7 Å². The number of aromatic nitrogens is 2. The third-order valence-corrected chi connectivity index (χ3v) is 2.89. The molecule has 0 saturated heterocycles. The van der Waals surface area contributed by atoms with Crippen molar-refractivity contribution < 1.29 is 4.74 Å². The standard InChI is InChI=1S/C14H16N4O/c1-16-9-14-17-5-6-18(14)10-12-7-11(8-15)3-4-13(12)19-2/h3-7,16H,9-10H2,1-2H3. The predicted molar refractivity (Wildman–Crippen MR) is 71.8 cm³/mol. The number of hydrogen-bond donors (Lipinski definition) is 1. The van der Waals surface area contributed by atoms with Crippen molar-refractivity contribution in [1.29, 1.82) is 5.26 Å². The zero-order chi connectivity index (χ0) is 13.7. The maximum Gasteiger partial charge on any atom is 0.123 e. The van der Waals surface area contributed by atoms with Crippen LogP contribution in [0.2, 0.25) is 0 Å². The van der Waals surface area contributed by atoms with E-state index in [2.05, 4.69) is 16.4 Å². The monoisotopic (exact) mass is 256 g/mol. The van der Waals surface area contributed by atoms with E-state index >= 15 is 0 Å². The highest BCUT2D eigenvalue weighted by molar-refractivity contribution is 5.42. The van der Waals surface area contributed by atoms with Gasteiger partial charge in [-0.05, 0) is 25.2 Å². The number of rotatable bonds is 5. The zero-order valence-corrected chi connectivity index (χ0v) is 11.1. The summed E-state index contributed by atoms with van der Waals surface area (Å²) in [5.74, 6) is 1.73. The normalized spacial score (nSPS) is 10.2. The lowest BCUT2D eigenvalue weighted by Gasteiger charge is -2.11. The molecule has 0 aliphatic carbocycles. The lowest BCUT2D eigenvalue weighted by Crippen LogP contribution is -2.13. The number of nitrogens with one attached hydrogen (secondary N) is 1. The Kier molecular flexibility index (Phi) is 4.16. The van der Waals surface area contributed by atoms with Gasteiger partial charge in [0.2, 0.25) is 0 Å². The van der Waals surface area contributed by atoms with Gasteiger partial charge in [0.25, 0.3) is 0 Å². The molecule has 0 saturated carbocycles. The highest BCUT2D eigenvalue weighted by Gasteiger charge is 2.08. The number of benzene rings is 1. The second kappa shape index (κ2) is 6.03. The number of imidazole rings is 1. The lowest BCUT2D eigenvalue weighted by molar-refractivity contribution is 0.408. The van der Waals surface area contributed by atoms with Gasteiger partial charge >= 0.3 is 0 Å². The average molecular weight is 256 g/mol. The predicted octanol–water partition coefficient (Wildman–Crippen LogP) is 1.53. The average Bonchev–Trinajstić information content (AvgIpc) is 2.86. The second-order valence-corrected chi connectivity index (χ2v) is 4.14. The minimum absolute atomic E-state index is 0.631. The largest absolute Gasteiger partial charge is 0.496 e. The SMILES string of the molecule is CNCc1nccn1Cc1cc(C#N)ccc1OC. The Morgan fingerprint density at radius 1 is 1.47 bits per heavy atom. The Labute approximate surface area is 112 Å². The van der Waals surface area contributed by atoms with Gasteiger partial charge in [0, 0.05) is 18.0 Å². The molecule has 0 bridgehead atoms. The van der Waals surface area contributed by atoms with E-state index in [9.17, 15) is 0 Å². The van der Waals surface area contributed by atoms with Crippen molar-refractivity contribution in [2.45, 2.75) is 13.1 Å². The van der Waals surface area contributed by atoms with E-state index < -0.39 is 0 Å². The van der Waals surface area contributed by atoms with Crippen LogP contribution in [-0.4, -0.2) is 23.7 Å². The highest BCUT2D eigenvalue weighted by atomic mass is 16.5. The molecule has 5 heteroatoms. The maximum atomic E-state index is 8.97. The van der Waals surface area contributed by atoms with Crippen LogP contribution in [0.1, 0.15) is 17.0 Å². The Balaban J connectivity index is 2.31. The van der Waals surface area contributed by atoms with Crippen molar-refractivity contribution >= 4 is 0 Å². The number of ether oxygens (including phenoxy) is 1. The molecule has 19 heavy (non-hydrogen) atoms. The molecule has 2 rings (SSSR count). The molecule has 0 spiro atoms. The van der Waals surface area contributed by atoms with Crippen LogP contribution in [0.3, 0.4) is 0 Å². The first-order valence-electron chi connectivity index (χ1n) is 6.00. The molecule has 0 radical (unpaired) electrons. The van der Waals surface area contributed by atoms with Crippen molar-refractivity contribution in [2.75, 3.05) is 14.2 Å². The van der Waals surface area contributed by atoms with E-state index in [1.807, 2.05) is 29.9 Å². The molecule has 1 aromatic carbocycles. The van der Waals surface area contributed by atoms with Gasteiger partial charge in [0.1, 0.15) is 11.6 Å². The molecule has 5 nitrogen and oxygen atoms in total. The molecular formula is C14H16N4O. The Morgan fingerprint density at radius 3 is 3.00 bits per heavy atom. The Bertz CT molecular complexity index is 598. The zero-order valence-electron chi connectivity index (χ0n) is 11.1. The number of methoxy groups -OCH3 is 1. The lowest BCUT2D eigenvalue weighted by atomic mass is 10.1. The molecular weight excluding hydrogens is 240 g/mol. The van der Waals surface area contributed by atoms with Gasteiger partial charge in [-0.25, -0.2) is 4.98 Å². The second-order valence-electron chi connectivity index (χ2n) is 4.14. The van der Waals surface area contributed by atoms with Gasteiger partial charge in [0.05, 0.1) is 31.8 Å². The maximum absolute atomic E-state index is 8.97. The molecule has 0 unspecified atom stereocenters. The van der Waals surface area contributed by atoms with Crippen molar-refractivity contribution in [3.05, 3.63) is 47.5 Å². The number of nitriles is 1. The van der Waals surface area contributed by atoms with Crippen molar-refractivity contribution in [2.24, 2.45) is 0 Å². The van der Waals surface area contributed by atoms with Gasteiger partial charge in [0.15, 0.2) is 0 Å². The fraction of sp³-hybridized carbons (Fsp3) is 0.286. The summed E-state index contributed by atoms with van der Waals surface area (Å²) < 4.78 is 7.37. The van der Waals surface area contributed by atoms with Gasteiger partial charge < -0.3 is 14.6 Å². The van der Waals surface area contributed by atoms with Gasteiger partial charge in [-0.3, -0.25) is 0 Å². The third-order valence-electron chi connectivity index (χ3n) is 2.89. The van der Waals surface area contributed by atoms with Crippen LogP contribution in [0, 0.1) is 11.3 Å². The molecule has 1 N–H and O–H groups in total. The molecule has 0 aliphatic rings. The number of nitrogens with zero attached hydrogens (tertiary/aromatic N) is 3. The minimum Gasteiger partial charge on any atom is -0.496 e. The molecule has 0 atom stereocenters. The first-order chi connectivity index (χ1) is 9.28. The van der Waals surface area contributed by atoms with E-state index in [1.165, 1.54) is 0 Å². The van der Waals surface area contributed by atoms with E-state index in [1.54, 1.807) is 19.4 Å². The smallest absolute Gasteiger partial charge is 0.123 e. The Hall–Kier alpha value is -2.32. The van der Waals surface area contributed by atoms with Crippen molar-refractivity contribution in [3.63, 3.8) is 0 Å². The molecule has 0 amide bonds. The molecule has 0 aliphatic heterocycles. The fourth-order valence-corrected chi connectivity index (χ4v) is 1.96. The van der Waals surface area contributed by atoms with Gasteiger partial charge in [-0.15, -0.1) is 0 Å². The highest BCUT2D eigenvalue weighted by Crippen LogP contribution is 2.21. The summed E-state index contributed by atoms with van der Waals surface area (Å²) in [7, 11) is 3.52. The van der Waals surface area contributed by atoms with Crippen LogP contribution in [-0.2, 0) is 13.1 Å². The summed E-state index contributed by atoms with van der Waals surface area (Å²) in [6, 6.07) is 7.57.